The first-order chi connectivity index (χ1) is 9.78. The van der Waals surface area contributed by atoms with Crippen molar-refractivity contribution < 1.29 is 9.47 Å². The smallest absolute Gasteiger partial charge is 0.0661 e. The van der Waals surface area contributed by atoms with Crippen LogP contribution in [0.4, 0.5) is 0 Å². The summed E-state index contributed by atoms with van der Waals surface area (Å²) in [5, 5.41) is 3.97. The Hall–Kier alpha value is -0.120. The molecule has 116 valence electrons. The third kappa shape index (κ3) is 2.65. The Morgan fingerprint density at radius 2 is 1.90 bits per heavy atom. The Morgan fingerprint density at radius 1 is 1.10 bits per heavy atom. The summed E-state index contributed by atoms with van der Waals surface area (Å²) in [6.45, 7) is 3.01. The maximum atomic E-state index is 6.04. The first-order valence-corrected chi connectivity index (χ1v) is 8.69. The standard InChI is InChI=1S/C17H31NO2/c1-3-20-16-12-15(17(16)9-5-4-6-10-17)18-13-7-8-14(11-13)19-2/h13-16,18H,3-12H2,1-2H3. The summed E-state index contributed by atoms with van der Waals surface area (Å²) >= 11 is 0. The summed E-state index contributed by atoms with van der Waals surface area (Å²) in [7, 11) is 1.85. The molecule has 0 bridgehead atoms. The molecular weight excluding hydrogens is 250 g/mol. The molecule has 3 fully saturated rings. The minimum absolute atomic E-state index is 0.458. The molecule has 3 heteroatoms. The average Bonchev–Trinajstić information content (AvgIpc) is 2.95. The zero-order valence-corrected chi connectivity index (χ0v) is 13.2. The maximum absolute atomic E-state index is 6.04. The predicted molar refractivity (Wildman–Crippen MR) is 80.9 cm³/mol. The van der Waals surface area contributed by atoms with Crippen LogP contribution in [0.15, 0.2) is 0 Å². The van der Waals surface area contributed by atoms with Crippen molar-refractivity contribution in [2.75, 3.05) is 13.7 Å². The zero-order chi connectivity index (χ0) is 14.0. The summed E-state index contributed by atoms with van der Waals surface area (Å²) in [6.07, 6.45) is 12.9. The van der Waals surface area contributed by atoms with Crippen molar-refractivity contribution in [2.45, 2.75) is 89.0 Å². The molecule has 0 aromatic heterocycles. The Balaban J connectivity index is 1.59. The zero-order valence-electron chi connectivity index (χ0n) is 13.2. The molecule has 3 aliphatic carbocycles. The number of hydrogen-bond acceptors (Lipinski definition) is 3. The molecule has 20 heavy (non-hydrogen) atoms. The van der Waals surface area contributed by atoms with Crippen LogP contribution in [0.3, 0.4) is 0 Å². The van der Waals surface area contributed by atoms with E-state index >= 15 is 0 Å². The van der Waals surface area contributed by atoms with Crippen molar-refractivity contribution >= 4 is 0 Å². The van der Waals surface area contributed by atoms with E-state index in [0.717, 1.165) is 6.61 Å². The Labute approximate surface area is 123 Å². The molecule has 3 saturated carbocycles. The number of rotatable bonds is 5. The van der Waals surface area contributed by atoms with Gasteiger partial charge in [-0.05, 0) is 45.4 Å². The van der Waals surface area contributed by atoms with Gasteiger partial charge < -0.3 is 14.8 Å². The lowest BCUT2D eigenvalue weighted by Gasteiger charge is -2.58. The summed E-state index contributed by atoms with van der Waals surface area (Å²) in [5.74, 6) is 0. The number of methoxy groups -OCH3 is 1. The fraction of sp³-hybridized carbons (Fsp3) is 1.00. The first-order valence-electron chi connectivity index (χ1n) is 8.69. The molecule has 0 amide bonds. The lowest BCUT2D eigenvalue weighted by atomic mass is 9.55. The summed E-state index contributed by atoms with van der Waals surface area (Å²) in [5.41, 5.74) is 0.458. The van der Waals surface area contributed by atoms with Gasteiger partial charge in [-0.25, -0.2) is 0 Å². The molecule has 1 spiro atoms. The van der Waals surface area contributed by atoms with Crippen molar-refractivity contribution in [1.29, 1.82) is 0 Å². The largest absolute Gasteiger partial charge is 0.381 e. The molecule has 0 heterocycles. The van der Waals surface area contributed by atoms with E-state index in [9.17, 15) is 0 Å². The van der Waals surface area contributed by atoms with Gasteiger partial charge in [-0.15, -0.1) is 0 Å². The fourth-order valence-electron chi connectivity index (χ4n) is 4.89. The lowest BCUT2D eigenvalue weighted by Crippen LogP contribution is -2.65. The second-order valence-electron chi connectivity index (χ2n) is 7.06. The summed E-state index contributed by atoms with van der Waals surface area (Å²) < 4.78 is 11.6. The highest BCUT2D eigenvalue weighted by Crippen LogP contribution is 2.53. The van der Waals surface area contributed by atoms with E-state index in [-0.39, 0.29) is 0 Å². The van der Waals surface area contributed by atoms with Gasteiger partial charge in [0.2, 0.25) is 0 Å². The van der Waals surface area contributed by atoms with Crippen LogP contribution in [0.1, 0.15) is 64.7 Å². The van der Waals surface area contributed by atoms with E-state index in [1.807, 2.05) is 7.11 Å². The van der Waals surface area contributed by atoms with Gasteiger partial charge in [0, 0.05) is 31.2 Å². The van der Waals surface area contributed by atoms with Gasteiger partial charge in [0.05, 0.1) is 12.2 Å². The van der Waals surface area contributed by atoms with E-state index in [2.05, 4.69) is 12.2 Å². The van der Waals surface area contributed by atoms with Gasteiger partial charge in [0.1, 0.15) is 0 Å². The highest BCUT2D eigenvalue weighted by molar-refractivity contribution is 5.10. The van der Waals surface area contributed by atoms with Crippen LogP contribution in [0.25, 0.3) is 0 Å². The van der Waals surface area contributed by atoms with Gasteiger partial charge in [-0.1, -0.05) is 19.3 Å². The highest BCUT2D eigenvalue weighted by atomic mass is 16.5. The minimum Gasteiger partial charge on any atom is -0.381 e. The summed E-state index contributed by atoms with van der Waals surface area (Å²) in [4.78, 5) is 0. The first kappa shape index (κ1) is 14.8. The molecule has 3 aliphatic rings. The van der Waals surface area contributed by atoms with Crippen molar-refractivity contribution in [3.8, 4) is 0 Å². The molecule has 0 aliphatic heterocycles. The van der Waals surface area contributed by atoms with E-state index in [1.165, 1.54) is 57.8 Å². The van der Waals surface area contributed by atoms with Crippen LogP contribution < -0.4 is 5.32 Å². The molecule has 1 N–H and O–H groups in total. The summed E-state index contributed by atoms with van der Waals surface area (Å²) in [6, 6.07) is 1.37. The van der Waals surface area contributed by atoms with Crippen LogP contribution >= 0.6 is 0 Å². The third-order valence-corrected chi connectivity index (χ3v) is 6.09. The van der Waals surface area contributed by atoms with Gasteiger partial charge in [-0.3, -0.25) is 0 Å². The topological polar surface area (TPSA) is 30.5 Å². The average molecular weight is 281 g/mol. The number of nitrogens with one attached hydrogen (secondary N) is 1. The highest BCUT2D eigenvalue weighted by Gasteiger charge is 2.55. The van der Waals surface area contributed by atoms with Crippen LogP contribution in [0, 0.1) is 5.41 Å². The van der Waals surface area contributed by atoms with Gasteiger partial charge in [-0.2, -0.15) is 0 Å². The van der Waals surface area contributed by atoms with Crippen molar-refractivity contribution in [1.82, 2.24) is 5.32 Å². The normalized spacial score (nSPS) is 39.9. The molecule has 3 nitrogen and oxygen atoms in total. The molecular formula is C17H31NO2. The number of hydrogen-bond donors (Lipinski definition) is 1. The van der Waals surface area contributed by atoms with Crippen LogP contribution in [-0.4, -0.2) is 38.0 Å². The van der Waals surface area contributed by atoms with Crippen LogP contribution in [-0.2, 0) is 9.47 Å². The Morgan fingerprint density at radius 3 is 2.55 bits per heavy atom. The van der Waals surface area contributed by atoms with Crippen LogP contribution in [0.5, 0.6) is 0 Å². The van der Waals surface area contributed by atoms with Crippen molar-refractivity contribution in [2.24, 2.45) is 5.41 Å². The fourth-order valence-corrected chi connectivity index (χ4v) is 4.89. The van der Waals surface area contributed by atoms with Crippen LogP contribution in [0.2, 0.25) is 0 Å². The third-order valence-electron chi connectivity index (χ3n) is 6.09. The lowest BCUT2D eigenvalue weighted by molar-refractivity contribution is -0.152. The van der Waals surface area contributed by atoms with Gasteiger partial charge in [0.15, 0.2) is 0 Å². The van der Waals surface area contributed by atoms with Crippen molar-refractivity contribution in [3.05, 3.63) is 0 Å². The molecule has 0 aromatic rings. The molecule has 0 aromatic carbocycles. The maximum Gasteiger partial charge on any atom is 0.0661 e. The Kier molecular flexibility index (Phi) is 4.68. The van der Waals surface area contributed by atoms with Crippen molar-refractivity contribution in [3.63, 3.8) is 0 Å². The SMILES string of the molecule is CCOC1CC(NC2CCC(OC)C2)C12CCCCC2. The quantitative estimate of drug-likeness (QED) is 0.839. The monoisotopic (exact) mass is 281 g/mol. The minimum atomic E-state index is 0.458. The second kappa shape index (κ2) is 6.33. The predicted octanol–water partition coefficient (Wildman–Crippen LogP) is 3.27. The molecule has 0 saturated heterocycles. The van der Waals surface area contributed by atoms with Gasteiger partial charge >= 0.3 is 0 Å². The van der Waals surface area contributed by atoms with Gasteiger partial charge in [0.25, 0.3) is 0 Å². The van der Waals surface area contributed by atoms with E-state index in [0.29, 0.717) is 29.7 Å². The van der Waals surface area contributed by atoms with E-state index in [4.69, 9.17) is 9.47 Å². The Bertz CT molecular complexity index is 314. The number of ether oxygens (including phenoxy) is 2. The molecule has 0 radical (unpaired) electrons. The van der Waals surface area contributed by atoms with E-state index in [1.54, 1.807) is 0 Å². The molecule has 4 unspecified atom stereocenters. The van der Waals surface area contributed by atoms with E-state index < -0.39 is 0 Å². The second-order valence-corrected chi connectivity index (χ2v) is 7.06. The molecule has 3 rings (SSSR count). The molecule has 4 atom stereocenters.